The lowest BCUT2D eigenvalue weighted by atomic mass is 9.92. The van der Waals surface area contributed by atoms with Crippen LogP contribution < -0.4 is 5.32 Å². The summed E-state index contributed by atoms with van der Waals surface area (Å²) < 4.78 is 15.0. The van der Waals surface area contributed by atoms with Gasteiger partial charge in [0.1, 0.15) is 5.82 Å². The van der Waals surface area contributed by atoms with Crippen LogP contribution in [0, 0.1) is 11.7 Å². The van der Waals surface area contributed by atoms with E-state index in [-0.39, 0.29) is 23.7 Å². The van der Waals surface area contributed by atoms with Crippen LogP contribution >= 0.6 is 0 Å². The average Bonchev–Trinajstić information content (AvgIpc) is 3.34. The van der Waals surface area contributed by atoms with Gasteiger partial charge in [-0.2, -0.15) is 5.10 Å². The van der Waals surface area contributed by atoms with Gasteiger partial charge in [-0.1, -0.05) is 18.6 Å². The zero-order valence-corrected chi connectivity index (χ0v) is 15.9. The molecule has 1 N–H and O–H groups in total. The highest BCUT2D eigenvalue weighted by Gasteiger charge is 2.39. The number of amides is 1. The Kier molecular flexibility index (Phi) is 5.00. The molecule has 1 aromatic heterocycles. The van der Waals surface area contributed by atoms with Gasteiger partial charge in [0, 0.05) is 50.8 Å². The Hall–Kier alpha value is -2.21. The Morgan fingerprint density at radius 3 is 2.67 bits per heavy atom. The van der Waals surface area contributed by atoms with E-state index in [4.69, 9.17) is 0 Å². The van der Waals surface area contributed by atoms with Crippen LogP contribution in [0.3, 0.4) is 0 Å². The minimum Gasteiger partial charge on any atom is -0.338 e. The number of rotatable bonds is 5. The molecule has 2 fully saturated rings. The van der Waals surface area contributed by atoms with Crippen LogP contribution in [0.25, 0.3) is 0 Å². The van der Waals surface area contributed by atoms with Gasteiger partial charge in [0.15, 0.2) is 0 Å². The lowest BCUT2D eigenvalue weighted by Gasteiger charge is -2.27. The van der Waals surface area contributed by atoms with E-state index in [1.54, 1.807) is 16.8 Å². The molecule has 4 rings (SSSR count). The lowest BCUT2D eigenvalue weighted by Crippen LogP contribution is -2.36. The number of hydrogen-bond donors (Lipinski definition) is 1. The summed E-state index contributed by atoms with van der Waals surface area (Å²) in [7, 11) is 3.79. The van der Waals surface area contributed by atoms with Crippen molar-refractivity contribution < 1.29 is 9.18 Å². The predicted octanol–water partition coefficient (Wildman–Crippen LogP) is 3.00. The fraction of sp³-hybridized carbons (Fsp3) is 0.524. The van der Waals surface area contributed by atoms with Crippen molar-refractivity contribution in [3.05, 3.63) is 53.6 Å². The first-order valence-electron chi connectivity index (χ1n) is 9.76. The second kappa shape index (κ2) is 7.43. The maximum absolute atomic E-state index is 13.2. The van der Waals surface area contributed by atoms with E-state index in [0.29, 0.717) is 18.4 Å². The Labute approximate surface area is 159 Å². The summed E-state index contributed by atoms with van der Waals surface area (Å²) in [5.41, 5.74) is 2.30. The molecule has 1 saturated heterocycles. The number of hydrogen-bond acceptors (Lipinski definition) is 3. The molecule has 4 atom stereocenters. The summed E-state index contributed by atoms with van der Waals surface area (Å²) in [5.74, 6) is 0.656. The summed E-state index contributed by atoms with van der Waals surface area (Å²) in [6, 6.07) is 7.37. The smallest absolute Gasteiger partial charge is 0.223 e. The standard InChI is InChI=1S/C21H27FN4O/c1-25-13-16(12-24-25)21-15(10-20(27)26(21)2)11-23-19-5-3-4-18(19)14-6-8-17(22)9-7-14/h6-9,12-13,15,18-19,21,23H,3-5,10-11H2,1-2H3/t15-,18-,19-,21+/m0/s1. The van der Waals surface area contributed by atoms with E-state index in [0.717, 1.165) is 24.9 Å². The first kappa shape index (κ1) is 18.2. The predicted molar refractivity (Wildman–Crippen MR) is 102 cm³/mol. The molecule has 0 unspecified atom stereocenters. The van der Waals surface area contributed by atoms with Gasteiger partial charge in [0.05, 0.1) is 12.2 Å². The molecule has 1 aromatic carbocycles. The Balaban J connectivity index is 1.45. The highest BCUT2D eigenvalue weighted by molar-refractivity contribution is 5.79. The van der Waals surface area contributed by atoms with Crippen LogP contribution in [0.5, 0.6) is 0 Å². The van der Waals surface area contributed by atoms with Crippen LogP contribution in [-0.2, 0) is 11.8 Å². The number of likely N-dealkylation sites (tertiary alicyclic amines) is 1. The largest absolute Gasteiger partial charge is 0.338 e. The molecule has 144 valence electrons. The van der Waals surface area contributed by atoms with E-state index >= 15 is 0 Å². The van der Waals surface area contributed by atoms with Crippen molar-refractivity contribution in [3.8, 4) is 0 Å². The molecular weight excluding hydrogens is 343 g/mol. The number of nitrogens with zero attached hydrogens (tertiary/aromatic N) is 3. The third-order valence-electron chi connectivity index (χ3n) is 6.22. The Morgan fingerprint density at radius 1 is 1.19 bits per heavy atom. The highest BCUT2D eigenvalue weighted by atomic mass is 19.1. The third kappa shape index (κ3) is 3.63. The van der Waals surface area contributed by atoms with E-state index in [1.165, 1.54) is 12.0 Å². The molecular formula is C21H27FN4O. The van der Waals surface area contributed by atoms with Gasteiger partial charge >= 0.3 is 0 Å². The SMILES string of the molecule is CN1C(=O)C[C@@H](CN[C@H]2CCC[C@H]2c2ccc(F)cc2)[C@@H]1c1cnn(C)c1. The number of carbonyl (C=O) groups excluding carboxylic acids is 1. The van der Waals surface area contributed by atoms with Crippen LogP contribution in [0.1, 0.15) is 48.8 Å². The van der Waals surface area contributed by atoms with Gasteiger partial charge < -0.3 is 10.2 Å². The topological polar surface area (TPSA) is 50.2 Å². The second-order valence-electron chi connectivity index (χ2n) is 7.96. The molecule has 6 heteroatoms. The van der Waals surface area contributed by atoms with Gasteiger partial charge in [-0.15, -0.1) is 0 Å². The van der Waals surface area contributed by atoms with Gasteiger partial charge in [-0.3, -0.25) is 9.48 Å². The van der Waals surface area contributed by atoms with E-state index in [2.05, 4.69) is 10.4 Å². The van der Waals surface area contributed by atoms with E-state index < -0.39 is 0 Å². The highest BCUT2D eigenvalue weighted by Crippen LogP contribution is 2.38. The molecule has 1 amide bonds. The van der Waals surface area contributed by atoms with Gasteiger partial charge in [0.2, 0.25) is 5.91 Å². The molecule has 2 heterocycles. The summed E-state index contributed by atoms with van der Waals surface area (Å²) in [6.07, 6.45) is 7.86. The zero-order valence-electron chi connectivity index (χ0n) is 15.9. The first-order chi connectivity index (χ1) is 13.0. The van der Waals surface area contributed by atoms with Gasteiger partial charge in [0.25, 0.3) is 0 Å². The normalized spacial score (nSPS) is 28.3. The van der Waals surface area contributed by atoms with Crippen molar-refractivity contribution in [3.63, 3.8) is 0 Å². The number of aromatic nitrogens is 2. The molecule has 0 bridgehead atoms. The quantitative estimate of drug-likeness (QED) is 0.880. The maximum Gasteiger partial charge on any atom is 0.223 e. The summed E-state index contributed by atoms with van der Waals surface area (Å²) in [5, 5.41) is 8.01. The van der Waals surface area contributed by atoms with Crippen molar-refractivity contribution in [1.29, 1.82) is 0 Å². The number of carbonyl (C=O) groups is 1. The van der Waals surface area contributed by atoms with Crippen LogP contribution in [0.2, 0.25) is 0 Å². The van der Waals surface area contributed by atoms with Crippen LogP contribution in [0.4, 0.5) is 4.39 Å². The van der Waals surface area contributed by atoms with E-state index in [1.807, 2.05) is 43.5 Å². The summed E-state index contributed by atoms with van der Waals surface area (Å²) in [4.78, 5) is 14.2. The molecule has 2 aromatic rings. The number of benzene rings is 1. The fourth-order valence-corrected chi connectivity index (χ4v) is 4.84. The number of nitrogens with one attached hydrogen (secondary N) is 1. The minimum absolute atomic E-state index is 0.0735. The molecule has 0 radical (unpaired) electrons. The Bertz CT molecular complexity index is 803. The van der Waals surface area contributed by atoms with Crippen molar-refractivity contribution in [2.75, 3.05) is 13.6 Å². The monoisotopic (exact) mass is 370 g/mol. The van der Waals surface area contributed by atoms with Crippen molar-refractivity contribution in [2.24, 2.45) is 13.0 Å². The number of halogens is 1. The molecule has 1 aliphatic heterocycles. The first-order valence-corrected chi connectivity index (χ1v) is 9.76. The van der Waals surface area contributed by atoms with Crippen molar-refractivity contribution in [2.45, 2.75) is 43.7 Å². The molecule has 5 nitrogen and oxygen atoms in total. The van der Waals surface area contributed by atoms with Crippen LogP contribution in [-0.4, -0.2) is 40.2 Å². The van der Waals surface area contributed by atoms with Gasteiger partial charge in [-0.05, 0) is 36.5 Å². The molecule has 1 saturated carbocycles. The molecule has 1 aliphatic carbocycles. The maximum atomic E-state index is 13.2. The zero-order chi connectivity index (χ0) is 19.0. The summed E-state index contributed by atoms with van der Waals surface area (Å²) >= 11 is 0. The molecule has 2 aliphatic rings. The number of aryl methyl sites for hydroxylation is 1. The van der Waals surface area contributed by atoms with Crippen molar-refractivity contribution >= 4 is 5.91 Å². The van der Waals surface area contributed by atoms with Crippen LogP contribution in [0.15, 0.2) is 36.7 Å². The minimum atomic E-state index is -0.187. The molecule has 27 heavy (non-hydrogen) atoms. The molecule has 0 spiro atoms. The Morgan fingerprint density at radius 2 is 1.96 bits per heavy atom. The van der Waals surface area contributed by atoms with Gasteiger partial charge in [-0.25, -0.2) is 4.39 Å². The third-order valence-corrected chi connectivity index (χ3v) is 6.22. The van der Waals surface area contributed by atoms with E-state index in [9.17, 15) is 9.18 Å². The fourth-order valence-electron chi connectivity index (χ4n) is 4.84. The lowest BCUT2D eigenvalue weighted by molar-refractivity contribution is -0.127. The average molecular weight is 370 g/mol. The van der Waals surface area contributed by atoms with Crippen molar-refractivity contribution in [1.82, 2.24) is 20.0 Å². The summed E-state index contributed by atoms with van der Waals surface area (Å²) in [6.45, 7) is 0.804. The second-order valence-corrected chi connectivity index (χ2v) is 7.96.